The molecule has 0 spiro atoms. The van der Waals surface area contributed by atoms with Crippen molar-refractivity contribution in [2.24, 2.45) is 24.8 Å². The molecule has 10 nitrogen and oxygen atoms in total. The number of nitrogens with one attached hydrogen (secondary N) is 1. The van der Waals surface area contributed by atoms with Crippen molar-refractivity contribution < 1.29 is 24.2 Å². The van der Waals surface area contributed by atoms with Gasteiger partial charge in [-0.05, 0) is 63.5 Å². The maximum atomic E-state index is 12.2. The van der Waals surface area contributed by atoms with Crippen LogP contribution < -0.4 is 10.1 Å². The molecular weight excluding hydrogens is 426 g/mol. The van der Waals surface area contributed by atoms with E-state index in [0.717, 1.165) is 44.2 Å². The summed E-state index contributed by atoms with van der Waals surface area (Å²) in [6, 6.07) is 3.67. The van der Waals surface area contributed by atoms with Crippen LogP contribution in [0.1, 0.15) is 49.9 Å². The third-order valence-electron chi connectivity index (χ3n) is 7.21. The van der Waals surface area contributed by atoms with E-state index in [4.69, 9.17) is 9.47 Å². The Morgan fingerprint density at radius 3 is 2.70 bits per heavy atom. The van der Waals surface area contributed by atoms with Crippen molar-refractivity contribution in [3.8, 4) is 17.1 Å². The Kier molecular flexibility index (Phi) is 5.67. The van der Waals surface area contributed by atoms with Gasteiger partial charge in [0.25, 0.3) is 0 Å². The number of hydrogen-bond donors (Lipinski definition) is 2. The molecule has 1 amide bonds. The molecule has 4 atom stereocenters. The predicted molar refractivity (Wildman–Crippen MR) is 116 cm³/mol. The lowest BCUT2D eigenvalue weighted by molar-refractivity contribution is -0.139. The summed E-state index contributed by atoms with van der Waals surface area (Å²) in [5, 5.41) is 20.5. The minimum Gasteiger partial charge on any atom is -0.488 e. The van der Waals surface area contributed by atoms with E-state index in [1.54, 1.807) is 11.7 Å². The van der Waals surface area contributed by atoms with E-state index in [2.05, 4.69) is 20.6 Å². The van der Waals surface area contributed by atoms with Crippen LogP contribution >= 0.6 is 0 Å². The first kappa shape index (κ1) is 21.7. The summed E-state index contributed by atoms with van der Waals surface area (Å²) in [6.45, 7) is 2.09. The third-order valence-corrected chi connectivity index (χ3v) is 7.21. The number of ether oxygens (including phenoxy) is 2. The molecule has 3 saturated carbocycles. The molecule has 2 aromatic heterocycles. The molecule has 2 heterocycles. The van der Waals surface area contributed by atoms with Crippen molar-refractivity contribution in [1.29, 1.82) is 0 Å². The summed E-state index contributed by atoms with van der Waals surface area (Å²) >= 11 is 0. The fourth-order valence-electron chi connectivity index (χ4n) is 5.41. The molecule has 2 N–H and O–H groups in total. The topological polar surface area (TPSA) is 128 Å². The van der Waals surface area contributed by atoms with Crippen LogP contribution in [0.3, 0.4) is 0 Å². The number of carbonyl (C=O) groups excluding carboxylic acids is 1. The number of carbonyl (C=O) groups is 2. The third kappa shape index (κ3) is 4.26. The van der Waals surface area contributed by atoms with E-state index < -0.39 is 12.1 Å². The SMILES string of the molecule is Cc1nc(-c2nnn(C)c2CNC(=O)OC2CCCC2)ccc1O[C@@H]1CCC2C(C(=O)O)C21. The van der Waals surface area contributed by atoms with Gasteiger partial charge in [0.1, 0.15) is 23.7 Å². The minimum absolute atomic E-state index is 0.00237. The first-order valence-corrected chi connectivity index (χ1v) is 11.6. The van der Waals surface area contributed by atoms with Gasteiger partial charge in [-0.1, -0.05) is 5.21 Å². The van der Waals surface area contributed by atoms with Crippen LogP contribution in [0.5, 0.6) is 5.75 Å². The predicted octanol–water partition coefficient (Wildman–Crippen LogP) is 2.84. The van der Waals surface area contributed by atoms with Crippen molar-refractivity contribution >= 4 is 12.1 Å². The van der Waals surface area contributed by atoms with Crippen LogP contribution in [0.4, 0.5) is 4.79 Å². The Labute approximate surface area is 191 Å². The normalized spacial score (nSPS) is 26.1. The Bertz CT molecular complexity index is 1060. The van der Waals surface area contributed by atoms with Gasteiger partial charge in [-0.2, -0.15) is 0 Å². The summed E-state index contributed by atoms with van der Waals surface area (Å²) in [4.78, 5) is 28.2. The first-order chi connectivity index (χ1) is 15.9. The van der Waals surface area contributed by atoms with Crippen molar-refractivity contribution in [2.75, 3.05) is 0 Å². The van der Waals surface area contributed by atoms with Gasteiger partial charge in [0.05, 0.1) is 29.5 Å². The van der Waals surface area contributed by atoms with Gasteiger partial charge in [-0.15, -0.1) is 5.10 Å². The zero-order valence-electron chi connectivity index (χ0n) is 18.9. The minimum atomic E-state index is -0.723. The lowest BCUT2D eigenvalue weighted by Crippen LogP contribution is -2.28. The van der Waals surface area contributed by atoms with Crippen LogP contribution in [-0.2, 0) is 23.1 Å². The molecule has 3 fully saturated rings. The lowest BCUT2D eigenvalue weighted by atomic mass is 10.1. The van der Waals surface area contributed by atoms with Crippen LogP contribution in [-0.4, -0.2) is 49.4 Å². The Morgan fingerprint density at radius 2 is 2.00 bits per heavy atom. The molecular formula is C23H29N5O5. The second kappa shape index (κ2) is 8.64. The van der Waals surface area contributed by atoms with Crippen molar-refractivity contribution in [2.45, 2.75) is 64.2 Å². The van der Waals surface area contributed by atoms with Crippen molar-refractivity contribution in [3.05, 3.63) is 23.5 Å². The second-order valence-electron chi connectivity index (χ2n) is 9.29. The average Bonchev–Trinajstić information content (AvgIpc) is 3.10. The molecule has 3 aliphatic carbocycles. The zero-order valence-corrected chi connectivity index (χ0v) is 18.9. The van der Waals surface area contributed by atoms with E-state index in [-0.39, 0.29) is 36.5 Å². The molecule has 10 heteroatoms. The summed E-state index contributed by atoms with van der Waals surface area (Å²) in [5.41, 5.74) is 2.64. The van der Waals surface area contributed by atoms with Gasteiger partial charge in [-0.3, -0.25) is 4.79 Å². The molecule has 3 unspecified atom stereocenters. The number of pyridine rings is 1. The van der Waals surface area contributed by atoms with E-state index in [1.165, 1.54) is 0 Å². The zero-order chi connectivity index (χ0) is 23.1. The Morgan fingerprint density at radius 1 is 1.21 bits per heavy atom. The smallest absolute Gasteiger partial charge is 0.407 e. The lowest BCUT2D eigenvalue weighted by Gasteiger charge is -2.18. The number of hydrogen-bond acceptors (Lipinski definition) is 7. The van der Waals surface area contributed by atoms with E-state index >= 15 is 0 Å². The quantitative estimate of drug-likeness (QED) is 0.652. The standard InChI is InChI=1S/C23H29N5O5/c1-12-17(33-18-9-7-14-19(18)20(14)22(29)30)10-8-15(25-12)21-16(28(2)27-26-21)11-24-23(31)32-13-5-3-4-6-13/h8,10,13-14,18-20H,3-7,9,11H2,1-2H3,(H,24,31)(H,29,30)/t14?,18-,19?,20?/m1/s1. The highest BCUT2D eigenvalue weighted by Crippen LogP contribution is 2.58. The average molecular weight is 456 g/mol. The highest BCUT2D eigenvalue weighted by Gasteiger charge is 2.63. The number of carboxylic acids is 1. The Balaban J connectivity index is 1.25. The van der Waals surface area contributed by atoms with Crippen molar-refractivity contribution in [1.82, 2.24) is 25.3 Å². The maximum Gasteiger partial charge on any atom is 0.407 e. The van der Waals surface area contributed by atoms with Crippen LogP contribution in [0.25, 0.3) is 11.4 Å². The largest absolute Gasteiger partial charge is 0.488 e. The number of aromatic nitrogens is 4. The monoisotopic (exact) mass is 455 g/mol. The van der Waals surface area contributed by atoms with E-state index in [9.17, 15) is 14.7 Å². The van der Waals surface area contributed by atoms with Gasteiger partial charge in [0.15, 0.2) is 0 Å². The number of amides is 1. The molecule has 3 aliphatic rings. The van der Waals surface area contributed by atoms with Crippen LogP contribution in [0.15, 0.2) is 12.1 Å². The van der Waals surface area contributed by atoms with Crippen molar-refractivity contribution in [3.63, 3.8) is 0 Å². The van der Waals surface area contributed by atoms with Crippen LogP contribution in [0.2, 0.25) is 0 Å². The molecule has 33 heavy (non-hydrogen) atoms. The molecule has 2 aromatic rings. The van der Waals surface area contributed by atoms with Gasteiger partial charge in [0, 0.05) is 13.0 Å². The maximum absolute atomic E-state index is 12.2. The fraction of sp³-hybridized carbons (Fsp3) is 0.609. The summed E-state index contributed by atoms with van der Waals surface area (Å²) < 4.78 is 13.2. The van der Waals surface area contributed by atoms with Gasteiger partial charge < -0.3 is 19.9 Å². The molecule has 0 radical (unpaired) electrons. The Hall–Kier alpha value is -3.17. The highest BCUT2D eigenvalue weighted by atomic mass is 16.6. The molecule has 5 rings (SSSR count). The summed E-state index contributed by atoms with van der Waals surface area (Å²) in [7, 11) is 1.77. The molecule has 176 valence electrons. The number of aryl methyl sites for hydroxylation is 2. The van der Waals surface area contributed by atoms with Crippen LogP contribution in [0, 0.1) is 24.7 Å². The fourth-order valence-corrected chi connectivity index (χ4v) is 5.41. The number of carboxylic acid groups (broad SMARTS) is 1. The molecule has 0 aliphatic heterocycles. The highest BCUT2D eigenvalue weighted by molar-refractivity contribution is 5.75. The molecule has 0 bridgehead atoms. The first-order valence-electron chi connectivity index (χ1n) is 11.6. The molecule has 0 aromatic carbocycles. The number of alkyl carbamates (subject to hydrolysis) is 1. The summed E-state index contributed by atoms with van der Waals surface area (Å²) in [6.07, 6.45) is 5.30. The number of rotatable bonds is 7. The second-order valence-corrected chi connectivity index (χ2v) is 9.29. The molecule has 0 saturated heterocycles. The van der Waals surface area contributed by atoms with Gasteiger partial charge in [-0.25, -0.2) is 14.5 Å². The number of aliphatic carboxylic acids is 1. The summed E-state index contributed by atoms with van der Waals surface area (Å²) in [5.74, 6) is 0.00753. The van der Waals surface area contributed by atoms with E-state index in [0.29, 0.717) is 22.8 Å². The van der Waals surface area contributed by atoms with Gasteiger partial charge >= 0.3 is 12.1 Å². The number of nitrogens with zero attached hydrogens (tertiary/aromatic N) is 4. The van der Waals surface area contributed by atoms with Gasteiger partial charge in [0.2, 0.25) is 0 Å². The number of fused-ring (bicyclic) bond motifs is 1. The van der Waals surface area contributed by atoms with E-state index in [1.807, 2.05) is 19.1 Å².